The van der Waals surface area contributed by atoms with E-state index in [1.54, 1.807) is 0 Å². The summed E-state index contributed by atoms with van der Waals surface area (Å²) in [7, 11) is 0. The standard InChI is InChI=1S/C21H18ClN3/c22-17-12-10-15(11-13-17)14-23-21-18-8-4-5-9-19(18)24-20(25-21)16-6-2-1-3-7-16/h2,4-13H,1,3,14H2,(H,23,24,25). The molecule has 1 aromatic heterocycles. The second-order valence-corrected chi connectivity index (χ2v) is 6.47. The molecule has 0 atom stereocenters. The van der Waals surface area contributed by atoms with E-state index < -0.39 is 0 Å². The highest BCUT2D eigenvalue weighted by Crippen LogP contribution is 2.25. The largest absolute Gasteiger partial charge is 0.365 e. The molecule has 0 saturated carbocycles. The molecule has 0 saturated heterocycles. The van der Waals surface area contributed by atoms with Gasteiger partial charge in [0.05, 0.1) is 5.52 Å². The number of nitrogens with zero attached hydrogens (tertiary/aromatic N) is 2. The van der Waals surface area contributed by atoms with Crippen LogP contribution in [0.1, 0.15) is 24.2 Å². The number of para-hydroxylation sites is 1. The first kappa shape index (κ1) is 15.9. The number of allylic oxidation sites excluding steroid dienone is 4. The van der Waals surface area contributed by atoms with Crippen LogP contribution >= 0.6 is 11.6 Å². The van der Waals surface area contributed by atoms with Gasteiger partial charge in [-0.2, -0.15) is 0 Å². The normalized spacial score (nSPS) is 13.7. The Kier molecular flexibility index (Phi) is 4.49. The molecule has 0 amide bonds. The van der Waals surface area contributed by atoms with E-state index in [1.807, 2.05) is 48.5 Å². The van der Waals surface area contributed by atoms with Gasteiger partial charge in [-0.3, -0.25) is 0 Å². The minimum absolute atomic E-state index is 0.687. The Morgan fingerprint density at radius 1 is 0.960 bits per heavy atom. The van der Waals surface area contributed by atoms with E-state index in [-0.39, 0.29) is 0 Å². The van der Waals surface area contributed by atoms with Gasteiger partial charge in [0.25, 0.3) is 0 Å². The van der Waals surface area contributed by atoms with Crippen molar-refractivity contribution in [2.75, 3.05) is 5.32 Å². The number of halogens is 1. The first-order chi connectivity index (χ1) is 12.3. The lowest BCUT2D eigenvalue weighted by atomic mass is 10.1. The summed E-state index contributed by atoms with van der Waals surface area (Å²) < 4.78 is 0. The molecule has 1 aliphatic carbocycles. The van der Waals surface area contributed by atoms with Crippen LogP contribution in [0.5, 0.6) is 0 Å². The second kappa shape index (κ2) is 7.08. The maximum atomic E-state index is 5.96. The average Bonchev–Trinajstić information content (AvgIpc) is 2.68. The summed E-state index contributed by atoms with van der Waals surface area (Å²) in [5.41, 5.74) is 3.20. The Bertz CT molecular complexity index is 959. The lowest BCUT2D eigenvalue weighted by molar-refractivity contribution is 1.03. The van der Waals surface area contributed by atoms with Crippen LogP contribution in [-0.2, 0) is 6.54 Å². The van der Waals surface area contributed by atoms with Crippen molar-refractivity contribution in [3.05, 3.63) is 83.2 Å². The van der Waals surface area contributed by atoms with E-state index in [9.17, 15) is 0 Å². The number of fused-ring (bicyclic) bond motifs is 1. The number of hydrogen-bond acceptors (Lipinski definition) is 3. The van der Waals surface area contributed by atoms with E-state index in [2.05, 4.69) is 23.5 Å². The van der Waals surface area contributed by atoms with Crippen molar-refractivity contribution >= 4 is 33.9 Å². The zero-order valence-electron chi connectivity index (χ0n) is 13.7. The summed E-state index contributed by atoms with van der Waals surface area (Å²) in [5.74, 6) is 1.63. The Morgan fingerprint density at radius 3 is 2.60 bits per heavy atom. The van der Waals surface area contributed by atoms with Gasteiger partial charge in [0.2, 0.25) is 0 Å². The van der Waals surface area contributed by atoms with E-state index in [4.69, 9.17) is 21.6 Å². The van der Waals surface area contributed by atoms with Gasteiger partial charge in [-0.05, 0) is 42.7 Å². The van der Waals surface area contributed by atoms with E-state index in [1.165, 1.54) is 0 Å². The number of aromatic nitrogens is 2. The number of nitrogens with one attached hydrogen (secondary N) is 1. The van der Waals surface area contributed by atoms with Gasteiger partial charge in [0, 0.05) is 22.5 Å². The molecule has 3 aromatic rings. The van der Waals surface area contributed by atoms with Gasteiger partial charge >= 0.3 is 0 Å². The van der Waals surface area contributed by atoms with Crippen molar-refractivity contribution in [3.63, 3.8) is 0 Å². The summed E-state index contributed by atoms with van der Waals surface area (Å²) >= 11 is 5.96. The molecule has 0 radical (unpaired) electrons. The topological polar surface area (TPSA) is 37.8 Å². The third kappa shape index (κ3) is 3.57. The lowest BCUT2D eigenvalue weighted by Gasteiger charge is -2.12. The van der Waals surface area contributed by atoms with Gasteiger partial charge < -0.3 is 5.32 Å². The van der Waals surface area contributed by atoms with E-state index in [0.717, 1.165) is 51.5 Å². The fourth-order valence-electron chi connectivity index (χ4n) is 2.91. The molecule has 0 aliphatic heterocycles. The maximum Gasteiger partial charge on any atom is 0.161 e. The summed E-state index contributed by atoms with van der Waals surface area (Å²) in [6, 6.07) is 15.9. The van der Waals surface area contributed by atoms with Crippen LogP contribution in [0.2, 0.25) is 5.02 Å². The fraction of sp³-hybridized carbons (Fsp3) is 0.143. The third-order valence-corrected chi connectivity index (χ3v) is 4.48. The third-order valence-electron chi connectivity index (χ3n) is 4.23. The van der Waals surface area contributed by atoms with Gasteiger partial charge in [0.1, 0.15) is 5.82 Å². The molecule has 1 heterocycles. The first-order valence-electron chi connectivity index (χ1n) is 8.42. The highest BCUT2D eigenvalue weighted by Gasteiger charge is 2.10. The summed E-state index contributed by atoms with van der Waals surface area (Å²) in [4.78, 5) is 9.53. The van der Waals surface area contributed by atoms with Crippen molar-refractivity contribution in [1.29, 1.82) is 0 Å². The molecular formula is C21H18ClN3. The van der Waals surface area contributed by atoms with Crippen LogP contribution in [0.15, 0.2) is 66.8 Å². The molecule has 0 bridgehead atoms. The van der Waals surface area contributed by atoms with Crippen LogP contribution < -0.4 is 5.32 Å². The molecular weight excluding hydrogens is 330 g/mol. The van der Waals surface area contributed by atoms with Gasteiger partial charge in [-0.1, -0.05) is 54.1 Å². The predicted octanol–water partition coefficient (Wildman–Crippen LogP) is 5.63. The van der Waals surface area contributed by atoms with E-state index in [0.29, 0.717) is 6.54 Å². The number of hydrogen-bond donors (Lipinski definition) is 1. The molecule has 124 valence electrons. The van der Waals surface area contributed by atoms with Gasteiger partial charge in [-0.25, -0.2) is 9.97 Å². The molecule has 2 aromatic carbocycles. The van der Waals surface area contributed by atoms with Crippen molar-refractivity contribution < 1.29 is 0 Å². The first-order valence-corrected chi connectivity index (χ1v) is 8.79. The number of rotatable bonds is 4. The quantitative estimate of drug-likeness (QED) is 0.664. The molecule has 1 N–H and O–H groups in total. The molecule has 0 spiro atoms. The van der Waals surface area contributed by atoms with Crippen molar-refractivity contribution in [2.45, 2.75) is 19.4 Å². The number of anilines is 1. The maximum absolute atomic E-state index is 5.96. The van der Waals surface area contributed by atoms with Crippen LogP contribution in [0.25, 0.3) is 16.5 Å². The van der Waals surface area contributed by atoms with Crippen LogP contribution in [0.3, 0.4) is 0 Å². The SMILES string of the molecule is Clc1ccc(CNc2nc(C3=CCCC=C3)nc3ccccc23)cc1. The minimum Gasteiger partial charge on any atom is -0.365 e. The van der Waals surface area contributed by atoms with Crippen molar-refractivity contribution in [2.24, 2.45) is 0 Å². The zero-order chi connectivity index (χ0) is 17.1. The lowest BCUT2D eigenvalue weighted by Crippen LogP contribution is -2.05. The zero-order valence-corrected chi connectivity index (χ0v) is 14.5. The van der Waals surface area contributed by atoms with Gasteiger partial charge in [-0.15, -0.1) is 0 Å². The Hall–Kier alpha value is -2.65. The highest BCUT2D eigenvalue weighted by molar-refractivity contribution is 6.30. The Labute approximate surface area is 152 Å². The smallest absolute Gasteiger partial charge is 0.161 e. The summed E-state index contributed by atoms with van der Waals surface area (Å²) in [6.45, 7) is 0.687. The summed E-state index contributed by atoms with van der Waals surface area (Å²) in [5, 5.41) is 5.23. The second-order valence-electron chi connectivity index (χ2n) is 6.03. The Morgan fingerprint density at radius 2 is 1.80 bits per heavy atom. The fourth-order valence-corrected chi connectivity index (χ4v) is 3.03. The molecule has 3 nitrogen and oxygen atoms in total. The Balaban J connectivity index is 1.69. The minimum atomic E-state index is 0.687. The van der Waals surface area contributed by atoms with Crippen LogP contribution in [-0.4, -0.2) is 9.97 Å². The van der Waals surface area contributed by atoms with Gasteiger partial charge in [0.15, 0.2) is 5.82 Å². The average molecular weight is 348 g/mol. The molecule has 4 rings (SSSR count). The highest BCUT2D eigenvalue weighted by atomic mass is 35.5. The number of benzene rings is 2. The monoisotopic (exact) mass is 347 g/mol. The van der Waals surface area contributed by atoms with Crippen LogP contribution in [0, 0.1) is 0 Å². The van der Waals surface area contributed by atoms with Crippen molar-refractivity contribution in [3.8, 4) is 0 Å². The molecule has 0 unspecified atom stereocenters. The summed E-state index contributed by atoms with van der Waals surface area (Å²) in [6.07, 6.45) is 8.60. The predicted molar refractivity (Wildman–Crippen MR) is 105 cm³/mol. The molecule has 0 fully saturated rings. The molecule has 4 heteroatoms. The van der Waals surface area contributed by atoms with Crippen LogP contribution in [0.4, 0.5) is 5.82 Å². The molecule has 25 heavy (non-hydrogen) atoms. The van der Waals surface area contributed by atoms with Crippen molar-refractivity contribution in [1.82, 2.24) is 9.97 Å². The molecule has 1 aliphatic rings. The van der Waals surface area contributed by atoms with E-state index >= 15 is 0 Å².